The number of aliphatic hydroxyl groups is 1. The number of β-amino-alcohol motifs (C(OH)–C–C–N with tert-alkyl or cyclic N) is 1. The van der Waals surface area contributed by atoms with E-state index in [4.69, 9.17) is 9.26 Å². The number of hydrogen-bond donors (Lipinski definition) is 1. The van der Waals surface area contributed by atoms with Crippen LogP contribution >= 0.6 is 0 Å². The Bertz CT molecular complexity index is 1130. The van der Waals surface area contributed by atoms with Gasteiger partial charge in [0.2, 0.25) is 5.82 Å². The summed E-state index contributed by atoms with van der Waals surface area (Å²) in [6, 6.07) is 11.6. The molecule has 2 heterocycles. The second-order valence-electron chi connectivity index (χ2n) is 8.04. The van der Waals surface area contributed by atoms with E-state index in [-0.39, 0.29) is 12.7 Å². The summed E-state index contributed by atoms with van der Waals surface area (Å²) in [5, 5.41) is 22.9. The maximum atomic E-state index is 9.47. The molecule has 0 saturated heterocycles. The minimum Gasteiger partial charge on any atom is -0.490 e. The van der Waals surface area contributed by atoms with Crippen molar-refractivity contribution in [3.8, 4) is 34.7 Å². The molecule has 0 fully saturated rings. The molecular weight excluding hydrogens is 392 g/mol. The summed E-state index contributed by atoms with van der Waals surface area (Å²) in [5.74, 6) is 1.45. The normalized spacial score (nSPS) is 13.8. The molecule has 0 bridgehead atoms. The number of aromatic nitrogens is 2. The van der Waals surface area contributed by atoms with Crippen LogP contribution in [0.15, 0.2) is 34.9 Å². The molecule has 1 aromatic heterocycles. The van der Waals surface area contributed by atoms with Crippen LogP contribution < -0.4 is 4.74 Å². The summed E-state index contributed by atoms with van der Waals surface area (Å²) < 4.78 is 11.2. The molecule has 31 heavy (non-hydrogen) atoms. The molecule has 0 spiro atoms. The second-order valence-corrected chi connectivity index (χ2v) is 8.04. The molecule has 0 aliphatic carbocycles. The molecule has 1 aliphatic rings. The van der Waals surface area contributed by atoms with Crippen LogP contribution in [-0.2, 0) is 13.0 Å². The van der Waals surface area contributed by atoms with Crippen LogP contribution in [0.3, 0.4) is 0 Å². The van der Waals surface area contributed by atoms with E-state index in [0.29, 0.717) is 35.1 Å². The molecule has 0 radical (unpaired) electrons. The highest BCUT2D eigenvalue weighted by Gasteiger charge is 2.21. The minimum atomic E-state index is -0.0179. The molecule has 1 N–H and O–H groups in total. The molecule has 0 amide bonds. The third-order valence-corrected chi connectivity index (χ3v) is 5.56. The molecule has 1 aliphatic heterocycles. The highest BCUT2D eigenvalue weighted by molar-refractivity contribution is 5.66. The predicted octanol–water partition coefficient (Wildman–Crippen LogP) is 3.72. The van der Waals surface area contributed by atoms with Gasteiger partial charge in [0.25, 0.3) is 5.89 Å². The minimum absolute atomic E-state index is 0.0179. The Balaban J connectivity index is 1.62. The first-order valence-electron chi connectivity index (χ1n) is 10.5. The molecule has 0 unspecified atom stereocenters. The predicted molar refractivity (Wildman–Crippen MR) is 116 cm³/mol. The van der Waals surface area contributed by atoms with E-state index in [0.717, 1.165) is 30.6 Å². The van der Waals surface area contributed by atoms with Gasteiger partial charge >= 0.3 is 0 Å². The fourth-order valence-electron chi connectivity index (χ4n) is 4.03. The molecular formula is C24H26N4O3. The van der Waals surface area contributed by atoms with Crippen molar-refractivity contribution < 1.29 is 14.4 Å². The van der Waals surface area contributed by atoms with Crippen molar-refractivity contribution in [2.24, 2.45) is 0 Å². The molecule has 4 rings (SSSR count). The van der Waals surface area contributed by atoms with Crippen molar-refractivity contribution in [1.82, 2.24) is 15.0 Å². The number of nitriles is 1. The van der Waals surface area contributed by atoms with Crippen molar-refractivity contribution in [2.45, 2.75) is 39.8 Å². The topological polar surface area (TPSA) is 95.4 Å². The SMILES string of the molecule is Cc1c(-c2noc(-c3ccc(OC(C)C)c(C#N)c3)n2)ccc2c1CCN(CCO)C2. The first-order valence-corrected chi connectivity index (χ1v) is 10.5. The zero-order valence-electron chi connectivity index (χ0n) is 18.1. The Hall–Kier alpha value is -3.21. The van der Waals surface area contributed by atoms with Gasteiger partial charge in [-0.2, -0.15) is 10.2 Å². The van der Waals surface area contributed by atoms with Crippen molar-refractivity contribution in [1.29, 1.82) is 5.26 Å². The Morgan fingerprint density at radius 1 is 1.29 bits per heavy atom. The van der Waals surface area contributed by atoms with Crippen LogP contribution in [0, 0.1) is 18.3 Å². The summed E-state index contributed by atoms with van der Waals surface area (Å²) in [6.45, 7) is 8.58. The molecule has 3 aromatic rings. The van der Waals surface area contributed by atoms with E-state index in [2.05, 4.69) is 34.1 Å². The third-order valence-electron chi connectivity index (χ3n) is 5.56. The highest BCUT2D eigenvalue weighted by atomic mass is 16.5. The van der Waals surface area contributed by atoms with E-state index >= 15 is 0 Å². The third kappa shape index (κ3) is 4.31. The van der Waals surface area contributed by atoms with Crippen LogP contribution in [0.25, 0.3) is 22.8 Å². The Labute approximate surface area is 181 Å². The number of hydrogen-bond acceptors (Lipinski definition) is 7. The van der Waals surface area contributed by atoms with Crippen LogP contribution in [0.1, 0.15) is 36.1 Å². The maximum absolute atomic E-state index is 9.47. The highest BCUT2D eigenvalue weighted by Crippen LogP contribution is 2.32. The van der Waals surface area contributed by atoms with E-state index in [9.17, 15) is 10.4 Å². The molecule has 7 nitrogen and oxygen atoms in total. The lowest BCUT2D eigenvalue weighted by molar-refractivity contribution is 0.184. The van der Waals surface area contributed by atoms with Crippen LogP contribution in [0.4, 0.5) is 0 Å². The lowest BCUT2D eigenvalue weighted by atomic mass is 9.91. The number of fused-ring (bicyclic) bond motifs is 1. The van der Waals surface area contributed by atoms with E-state index in [1.54, 1.807) is 12.1 Å². The Morgan fingerprint density at radius 2 is 2.13 bits per heavy atom. The summed E-state index contributed by atoms with van der Waals surface area (Å²) in [5.41, 5.74) is 5.82. The number of benzene rings is 2. The van der Waals surface area contributed by atoms with Crippen molar-refractivity contribution in [2.75, 3.05) is 19.7 Å². The molecule has 160 valence electrons. The molecule has 2 aromatic carbocycles. The monoisotopic (exact) mass is 418 g/mol. The lowest BCUT2D eigenvalue weighted by Gasteiger charge is -2.29. The number of rotatable bonds is 6. The molecule has 0 atom stereocenters. The van der Waals surface area contributed by atoms with Gasteiger partial charge in [0.05, 0.1) is 18.3 Å². The van der Waals surface area contributed by atoms with E-state index < -0.39 is 0 Å². The first kappa shape index (κ1) is 21.0. The van der Waals surface area contributed by atoms with Gasteiger partial charge in [0.1, 0.15) is 11.8 Å². The quantitative estimate of drug-likeness (QED) is 0.652. The van der Waals surface area contributed by atoms with Gasteiger partial charge in [-0.3, -0.25) is 4.90 Å². The van der Waals surface area contributed by atoms with Crippen LogP contribution in [0.2, 0.25) is 0 Å². The van der Waals surface area contributed by atoms with Gasteiger partial charge in [0.15, 0.2) is 0 Å². The van der Waals surface area contributed by atoms with Gasteiger partial charge in [0, 0.05) is 30.8 Å². The lowest BCUT2D eigenvalue weighted by Crippen LogP contribution is -2.33. The zero-order valence-corrected chi connectivity index (χ0v) is 18.1. The maximum Gasteiger partial charge on any atom is 0.258 e. The van der Waals surface area contributed by atoms with Crippen molar-refractivity contribution in [3.63, 3.8) is 0 Å². The zero-order chi connectivity index (χ0) is 22.0. The van der Waals surface area contributed by atoms with Gasteiger partial charge < -0.3 is 14.4 Å². The smallest absolute Gasteiger partial charge is 0.258 e. The van der Waals surface area contributed by atoms with Crippen molar-refractivity contribution in [3.05, 3.63) is 52.6 Å². The largest absolute Gasteiger partial charge is 0.490 e. The molecule has 0 saturated carbocycles. The number of nitrogens with zero attached hydrogens (tertiary/aromatic N) is 4. The first-order chi connectivity index (χ1) is 15.0. The average Bonchev–Trinajstić information content (AvgIpc) is 3.24. The standard InChI is InChI=1S/C24H26N4O3/c1-15(2)30-22-7-5-17(12-19(22)13-25)24-26-23(27-31-24)21-6-4-18-14-28(10-11-29)9-8-20(18)16(21)3/h4-7,12,15,29H,8-11,14H2,1-3H3. The van der Waals surface area contributed by atoms with Gasteiger partial charge in [-0.05, 0) is 62.1 Å². The van der Waals surface area contributed by atoms with E-state index in [1.165, 1.54) is 11.1 Å². The second kappa shape index (κ2) is 8.88. The Kier molecular flexibility index (Phi) is 6.03. The average molecular weight is 418 g/mol. The summed E-state index contributed by atoms with van der Waals surface area (Å²) in [6.07, 6.45) is 0.915. The summed E-state index contributed by atoms with van der Waals surface area (Å²) >= 11 is 0. The molecule has 7 heteroatoms. The fraction of sp³-hybridized carbons (Fsp3) is 0.375. The fourth-order valence-corrected chi connectivity index (χ4v) is 4.03. The number of aliphatic hydroxyl groups excluding tert-OH is 1. The van der Waals surface area contributed by atoms with Crippen molar-refractivity contribution >= 4 is 0 Å². The van der Waals surface area contributed by atoms with Crippen LogP contribution in [0.5, 0.6) is 5.75 Å². The summed E-state index contributed by atoms with van der Waals surface area (Å²) in [7, 11) is 0. The van der Waals surface area contributed by atoms with Crippen LogP contribution in [-0.4, -0.2) is 45.9 Å². The Morgan fingerprint density at radius 3 is 2.87 bits per heavy atom. The van der Waals surface area contributed by atoms with E-state index in [1.807, 2.05) is 26.0 Å². The summed E-state index contributed by atoms with van der Waals surface area (Å²) in [4.78, 5) is 6.86. The van der Waals surface area contributed by atoms with Gasteiger partial charge in [-0.25, -0.2) is 0 Å². The van der Waals surface area contributed by atoms with Gasteiger partial charge in [-0.15, -0.1) is 0 Å². The van der Waals surface area contributed by atoms with Gasteiger partial charge in [-0.1, -0.05) is 17.3 Å². The number of ether oxygens (including phenoxy) is 1.